The maximum absolute atomic E-state index is 12.4. The van der Waals surface area contributed by atoms with Crippen LogP contribution in [-0.2, 0) is 4.74 Å². The van der Waals surface area contributed by atoms with Crippen LogP contribution in [0.4, 0.5) is 0 Å². The molecule has 24 heavy (non-hydrogen) atoms. The van der Waals surface area contributed by atoms with Gasteiger partial charge in [0.15, 0.2) is 5.69 Å². The van der Waals surface area contributed by atoms with Gasteiger partial charge in [-0.25, -0.2) is 0 Å². The maximum atomic E-state index is 12.4. The molecule has 1 spiro atoms. The highest BCUT2D eigenvalue weighted by atomic mass is 32.1. The number of ether oxygens (including phenoxy) is 1. The molecule has 2 aliphatic rings. The monoisotopic (exact) mass is 353 g/mol. The number of carbonyl (C=O) groups excluding carboxylic acids is 1. The van der Waals surface area contributed by atoms with E-state index in [0.29, 0.717) is 5.69 Å². The minimum absolute atomic E-state index is 0.0117. The summed E-state index contributed by atoms with van der Waals surface area (Å²) < 4.78 is 9.71. The van der Waals surface area contributed by atoms with Crippen LogP contribution < -0.4 is 0 Å². The molecular formula is C16H27N5O2S. The molecule has 3 heterocycles. The van der Waals surface area contributed by atoms with Gasteiger partial charge in [0.05, 0.1) is 13.2 Å². The van der Waals surface area contributed by atoms with Crippen molar-refractivity contribution >= 4 is 17.4 Å². The van der Waals surface area contributed by atoms with Gasteiger partial charge in [0.1, 0.15) is 0 Å². The zero-order valence-corrected chi connectivity index (χ0v) is 15.4. The second-order valence-corrected chi connectivity index (χ2v) is 7.82. The average molecular weight is 353 g/mol. The van der Waals surface area contributed by atoms with Gasteiger partial charge < -0.3 is 14.5 Å². The van der Waals surface area contributed by atoms with Crippen molar-refractivity contribution in [2.75, 3.05) is 66.6 Å². The van der Waals surface area contributed by atoms with Crippen molar-refractivity contribution in [3.63, 3.8) is 0 Å². The first-order valence-corrected chi connectivity index (χ1v) is 9.43. The van der Waals surface area contributed by atoms with E-state index in [1.54, 1.807) is 5.38 Å². The molecule has 134 valence electrons. The maximum Gasteiger partial charge on any atom is 0.275 e. The van der Waals surface area contributed by atoms with Gasteiger partial charge in [-0.3, -0.25) is 9.69 Å². The molecular weight excluding hydrogens is 326 g/mol. The van der Waals surface area contributed by atoms with Crippen molar-refractivity contribution in [2.45, 2.75) is 12.8 Å². The Morgan fingerprint density at radius 1 is 1.38 bits per heavy atom. The van der Waals surface area contributed by atoms with E-state index < -0.39 is 0 Å². The molecule has 0 radical (unpaired) electrons. The van der Waals surface area contributed by atoms with Crippen LogP contribution in [0.3, 0.4) is 0 Å². The lowest BCUT2D eigenvalue weighted by molar-refractivity contribution is 0.0145. The van der Waals surface area contributed by atoms with Crippen molar-refractivity contribution < 1.29 is 9.53 Å². The molecule has 8 heteroatoms. The van der Waals surface area contributed by atoms with Crippen molar-refractivity contribution in [3.8, 4) is 0 Å². The van der Waals surface area contributed by atoms with Crippen LogP contribution in [-0.4, -0.2) is 96.8 Å². The molecule has 2 aliphatic heterocycles. The number of nitrogens with zero attached hydrogens (tertiary/aromatic N) is 5. The molecule has 0 N–H and O–H groups in total. The number of aromatic nitrogens is 2. The number of hydrogen-bond donors (Lipinski definition) is 0. The van der Waals surface area contributed by atoms with Gasteiger partial charge in [0, 0.05) is 50.1 Å². The SMILES string of the molecule is CN(C)CCN1CCOCC2(CCN(C(=O)c3csnn3)CC2)C1. The number of likely N-dealkylation sites (N-methyl/N-ethyl adjacent to an activating group) is 1. The molecule has 3 rings (SSSR count). The number of amides is 1. The van der Waals surface area contributed by atoms with Crippen LogP contribution in [0, 0.1) is 5.41 Å². The first-order valence-electron chi connectivity index (χ1n) is 8.59. The van der Waals surface area contributed by atoms with E-state index in [-0.39, 0.29) is 11.3 Å². The summed E-state index contributed by atoms with van der Waals surface area (Å²) in [6.07, 6.45) is 1.99. The topological polar surface area (TPSA) is 61.8 Å². The van der Waals surface area contributed by atoms with Gasteiger partial charge in [0.25, 0.3) is 5.91 Å². The number of likely N-dealkylation sites (tertiary alicyclic amines) is 1. The summed E-state index contributed by atoms with van der Waals surface area (Å²) in [6, 6.07) is 0. The summed E-state index contributed by atoms with van der Waals surface area (Å²) in [6.45, 7) is 7.39. The predicted octanol–water partition coefficient (Wildman–Crippen LogP) is 0.654. The molecule has 0 aliphatic carbocycles. The van der Waals surface area contributed by atoms with Gasteiger partial charge in [-0.2, -0.15) is 0 Å². The summed E-state index contributed by atoms with van der Waals surface area (Å²) in [7, 11) is 4.23. The van der Waals surface area contributed by atoms with E-state index in [1.807, 2.05) is 4.90 Å². The molecule has 7 nitrogen and oxygen atoms in total. The standard InChI is InChI=1S/C16H27N5O2S/c1-19(2)7-8-20-9-10-23-13-16(12-20)3-5-21(6-4-16)15(22)14-11-24-18-17-14/h11H,3-10,12-13H2,1-2H3. The molecule has 0 saturated carbocycles. The Hall–Kier alpha value is -1.09. The Bertz CT molecular complexity index is 529. The van der Waals surface area contributed by atoms with Crippen molar-refractivity contribution in [1.82, 2.24) is 24.3 Å². The van der Waals surface area contributed by atoms with E-state index in [2.05, 4.69) is 33.5 Å². The fraction of sp³-hybridized carbons (Fsp3) is 0.812. The third-order valence-electron chi connectivity index (χ3n) is 5.07. The van der Waals surface area contributed by atoms with Gasteiger partial charge in [-0.05, 0) is 38.5 Å². The number of rotatable bonds is 4. The minimum atomic E-state index is 0.0117. The molecule has 0 bridgehead atoms. The molecule has 0 atom stereocenters. The van der Waals surface area contributed by atoms with E-state index in [4.69, 9.17) is 4.74 Å². The predicted molar refractivity (Wildman–Crippen MR) is 93.3 cm³/mol. The van der Waals surface area contributed by atoms with Crippen molar-refractivity contribution in [1.29, 1.82) is 0 Å². The summed E-state index contributed by atoms with van der Waals surface area (Å²) in [5.74, 6) is 0.0117. The zero-order valence-electron chi connectivity index (χ0n) is 14.6. The molecule has 1 aromatic heterocycles. The molecule has 1 aromatic rings. The molecule has 0 unspecified atom stereocenters. The Morgan fingerprint density at radius 3 is 2.83 bits per heavy atom. The van der Waals surface area contributed by atoms with E-state index in [0.717, 1.165) is 65.3 Å². The Balaban J connectivity index is 1.57. The fourth-order valence-electron chi connectivity index (χ4n) is 3.52. The highest BCUT2D eigenvalue weighted by Gasteiger charge is 2.39. The van der Waals surface area contributed by atoms with Gasteiger partial charge in [-0.15, -0.1) is 5.10 Å². The number of carbonyl (C=O) groups is 1. The second-order valence-electron chi connectivity index (χ2n) is 7.21. The van der Waals surface area contributed by atoms with E-state index in [9.17, 15) is 4.79 Å². The normalized spacial score (nSPS) is 22.0. The van der Waals surface area contributed by atoms with Crippen LogP contribution in [0.5, 0.6) is 0 Å². The first-order chi connectivity index (χ1) is 11.6. The van der Waals surface area contributed by atoms with Crippen molar-refractivity contribution in [3.05, 3.63) is 11.1 Å². The highest BCUT2D eigenvalue weighted by molar-refractivity contribution is 7.03. The summed E-state index contributed by atoms with van der Waals surface area (Å²) in [4.78, 5) is 19.1. The fourth-order valence-corrected chi connectivity index (χ4v) is 3.95. The van der Waals surface area contributed by atoms with Gasteiger partial charge in [0.2, 0.25) is 0 Å². The lowest BCUT2D eigenvalue weighted by atomic mass is 9.78. The first kappa shape index (κ1) is 17.7. The molecule has 1 amide bonds. The van der Waals surface area contributed by atoms with E-state index in [1.165, 1.54) is 11.5 Å². The van der Waals surface area contributed by atoms with Crippen LogP contribution in [0.15, 0.2) is 5.38 Å². The Labute approximate surface area is 147 Å². The average Bonchev–Trinajstić information content (AvgIpc) is 3.04. The van der Waals surface area contributed by atoms with Crippen LogP contribution in [0.1, 0.15) is 23.3 Å². The van der Waals surface area contributed by atoms with Gasteiger partial charge >= 0.3 is 0 Å². The highest BCUT2D eigenvalue weighted by Crippen LogP contribution is 2.34. The Kier molecular flexibility index (Phi) is 5.80. The third kappa shape index (κ3) is 4.30. The zero-order chi connectivity index (χ0) is 17.0. The summed E-state index contributed by atoms with van der Waals surface area (Å²) >= 11 is 1.23. The molecule has 2 saturated heterocycles. The molecule has 0 aromatic carbocycles. The van der Waals surface area contributed by atoms with Crippen LogP contribution in [0.2, 0.25) is 0 Å². The second kappa shape index (κ2) is 7.86. The smallest absolute Gasteiger partial charge is 0.275 e. The third-order valence-corrected chi connectivity index (χ3v) is 5.58. The Morgan fingerprint density at radius 2 is 2.17 bits per heavy atom. The lowest BCUT2D eigenvalue weighted by Gasteiger charge is -2.42. The minimum Gasteiger partial charge on any atom is -0.379 e. The van der Waals surface area contributed by atoms with Crippen molar-refractivity contribution in [2.24, 2.45) is 5.41 Å². The number of piperidine rings is 1. The molecule has 2 fully saturated rings. The number of hydrogen-bond acceptors (Lipinski definition) is 7. The lowest BCUT2D eigenvalue weighted by Crippen LogP contribution is -2.49. The van der Waals surface area contributed by atoms with Gasteiger partial charge in [-0.1, -0.05) is 4.49 Å². The summed E-state index contributed by atoms with van der Waals surface area (Å²) in [5, 5.41) is 5.63. The van der Waals surface area contributed by atoms with E-state index >= 15 is 0 Å². The quantitative estimate of drug-likeness (QED) is 0.792. The van der Waals surface area contributed by atoms with Crippen LogP contribution >= 0.6 is 11.5 Å². The van der Waals surface area contributed by atoms with Crippen LogP contribution in [0.25, 0.3) is 0 Å². The summed E-state index contributed by atoms with van der Waals surface area (Å²) in [5.41, 5.74) is 0.653. The largest absolute Gasteiger partial charge is 0.379 e.